The van der Waals surface area contributed by atoms with Gasteiger partial charge >= 0.3 is 6.03 Å². The number of pyridine rings is 1. The molecule has 2 amide bonds. The van der Waals surface area contributed by atoms with Crippen molar-refractivity contribution in [2.45, 2.75) is 12.8 Å². The lowest BCUT2D eigenvalue weighted by molar-refractivity contribution is 0.217. The van der Waals surface area contributed by atoms with Crippen LogP contribution in [-0.4, -0.2) is 36.6 Å². The molecule has 1 heterocycles. The lowest BCUT2D eigenvalue weighted by Crippen LogP contribution is -2.37. The summed E-state index contributed by atoms with van der Waals surface area (Å²) in [6.07, 6.45) is 1.79. The van der Waals surface area contributed by atoms with Crippen LogP contribution in [0.2, 0.25) is 0 Å². The Labute approximate surface area is 125 Å². The number of carbonyl (C=O) groups is 1. The molecule has 110 valence electrons. The highest BCUT2D eigenvalue weighted by molar-refractivity contribution is 5.73. The first-order chi connectivity index (χ1) is 10.1. The van der Waals surface area contributed by atoms with Crippen LogP contribution in [0, 0.1) is 6.92 Å². The zero-order valence-corrected chi connectivity index (χ0v) is 12.7. The Bertz CT molecular complexity index is 596. The van der Waals surface area contributed by atoms with E-state index < -0.39 is 0 Å². The molecule has 1 aromatic heterocycles. The summed E-state index contributed by atoms with van der Waals surface area (Å²) in [4.78, 5) is 17.8. The Kier molecular flexibility index (Phi) is 4.93. The van der Waals surface area contributed by atoms with Crippen LogP contribution >= 0.6 is 0 Å². The maximum absolute atomic E-state index is 11.8. The van der Waals surface area contributed by atoms with Crippen LogP contribution in [0.5, 0.6) is 0 Å². The van der Waals surface area contributed by atoms with Crippen LogP contribution in [0.4, 0.5) is 4.79 Å². The molecule has 0 saturated heterocycles. The minimum atomic E-state index is -0.0930. The van der Waals surface area contributed by atoms with E-state index in [1.165, 1.54) is 16.0 Å². The molecule has 4 nitrogen and oxygen atoms in total. The van der Waals surface area contributed by atoms with Crippen LogP contribution < -0.4 is 5.32 Å². The number of carbonyl (C=O) groups excluding carboxylic acids is 1. The highest BCUT2D eigenvalue weighted by atomic mass is 16.2. The van der Waals surface area contributed by atoms with Crippen molar-refractivity contribution < 1.29 is 4.79 Å². The fraction of sp³-hybridized carbons (Fsp3) is 0.294. The summed E-state index contributed by atoms with van der Waals surface area (Å²) in [6, 6.07) is 14.0. The largest absolute Gasteiger partial charge is 0.337 e. The van der Waals surface area contributed by atoms with E-state index in [-0.39, 0.29) is 11.9 Å². The van der Waals surface area contributed by atoms with Gasteiger partial charge in [-0.2, -0.15) is 0 Å². The lowest BCUT2D eigenvalue weighted by Gasteiger charge is -2.21. The van der Waals surface area contributed by atoms with Crippen LogP contribution in [0.25, 0.3) is 0 Å². The van der Waals surface area contributed by atoms with Gasteiger partial charge in [0.1, 0.15) is 0 Å². The van der Waals surface area contributed by atoms with Crippen molar-refractivity contribution in [3.8, 4) is 0 Å². The van der Waals surface area contributed by atoms with E-state index >= 15 is 0 Å². The molecule has 2 aromatic rings. The van der Waals surface area contributed by atoms with Gasteiger partial charge in [-0.15, -0.1) is 0 Å². The van der Waals surface area contributed by atoms with Crippen molar-refractivity contribution in [2.75, 3.05) is 20.6 Å². The second-order valence-electron chi connectivity index (χ2n) is 5.24. The number of hydrogen-bond donors (Lipinski definition) is 1. The number of aryl methyl sites for hydroxylation is 1. The lowest BCUT2D eigenvalue weighted by atomic mass is 9.91. The van der Waals surface area contributed by atoms with Gasteiger partial charge in [0.05, 0.1) is 0 Å². The van der Waals surface area contributed by atoms with Crippen molar-refractivity contribution >= 4 is 6.03 Å². The van der Waals surface area contributed by atoms with Crippen molar-refractivity contribution in [3.63, 3.8) is 0 Å². The molecule has 0 aliphatic heterocycles. The molecule has 0 aliphatic rings. The molecule has 1 N–H and O–H groups in total. The molecule has 1 aromatic carbocycles. The molecule has 0 spiro atoms. The van der Waals surface area contributed by atoms with Crippen LogP contribution in [0.1, 0.15) is 22.7 Å². The third-order valence-electron chi connectivity index (χ3n) is 3.47. The quantitative estimate of drug-likeness (QED) is 0.937. The Balaban J connectivity index is 2.28. The number of urea groups is 1. The molecule has 0 radical (unpaired) electrons. The second-order valence-corrected chi connectivity index (χ2v) is 5.24. The molecule has 1 unspecified atom stereocenters. The fourth-order valence-corrected chi connectivity index (χ4v) is 2.28. The molecular formula is C17H21N3O. The predicted molar refractivity (Wildman–Crippen MR) is 84.3 cm³/mol. The third kappa shape index (κ3) is 3.81. The average molecular weight is 283 g/mol. The first-order valence-electron chi connectivity index (χ1n) is 7.01. The molecule has 21 heavy (non-hydrogen) atoms. The molecule has 0 saturated carbocycles. The topological polar surface area (TPSA) is 45.2 Å². The maximum atomic E-state index is 11.8. The zero-order chi connectivity index (χ0) is 15.2. The normalized spacial score (nSPS) is 11.8. The Morgan fingerprint density at radius 2 is 1.90 bits per heavy atom. The summed E-state index contributed by atoms with van der Waals surface area (Å²) < 4.78 is 0. The molecule has 0 fully saturated rings. The van der Waals surface area contributed by atoms with E-state index in [9.17, 15) is 4.79 Å². The standard InChI is InChI=1S/C17H21N3O/c1-13-8-4-5-9-14(13)15(12-19-17(21)20(2)3)16-10-6-7-11-18-16/h4-11,15H,12H2,1-3H3,(H,19,21). The van der Waals surface area contributed by atoms with Gasteiger partial charge in [-0.25, -0.2) is 4.79 Å². The van der Waals surface area contributed by atoms with E-state index in [1.54, 1.807) is 20.3 Å². The van der Waals surface area contributed by atoms with Crippen molar-refractivity contribution in [3.05, 3.63) is 65.5 Å². The number of aromatic nitrogens is 1. The predicted octanol–water partition coefficient (Wildman–Crippen LogP) is 2.79. The summed E-state index contributed by atoms with van der Waals surface area (Å²) in [5, 5.41) is 2.95. The van der Waals surface area contributed by atoms with Crippen molar-refractivity contribution in [1.82, 2.24) is 15.2 Å². The van der Waals surface area contributed by atoms with Crippen LogP contribution in [0.15, 0.2) is 48.7 Å². The number of benzene rings is 1. The van der Waals surface area contributed by atoms with E-state index in [1.807, 2.05) is 30.3 Å². The van der Waals surface area contributed by atoms with Crippen LogP contribution in [0.3, 0.4) is 0 Å². The number of rotatable bonds is 4. The average Bonchev–Trinajstić information content (AvgIpc) is 2.50. The monoisotopic (exact) mass is 283 g/mol. The Morgan fingerprint density at radius 3 is 2.52 bits per heavy atom. The van der Waals surface area contributed by atoms with Gasteiger partial charge in [0.15, 0.2) is 0 Å². The van der Waals surface area contributed by atoms with Crippen LogP contribution in [-0.2, 0) is 0 Å². The summed E-state index contributed by atoms with van der Waals surface area (Å²) in [6.45, 7) is 2.61. The van der Waals surface area contributed by atoms with Gasteiger partial charge in [0.25, 0.3) is 0 Å². The van der Waals surface area contributed by atoms with Gasteiger partial charge in [-0.1, -0.05) is 30.3 Å². The zero-order valence-electron chi connectivity index (χ0n) is 12.7. The Hall–Kier alpha value is -2.36. The molecule has 2 rings (SSSR count). The van der Waals surface area contributed by atoms with E-state index in [4.69, 9.17) is 0 Å². The highest BCUT2D eigenvalue weighted by Crippen LogP contribution is 2.25. The molecule has 4 heteroatoms. The number of amides is 2. The third-order valence-corrected chi connectivity index (χ3v) is 3.47. The molecule has 0 aliphatic carbocycles. The van der Waals surface area contributed by atoms with Gasteiger partial charge in [-0.05, 0) is 30.2 Å². The second kappa shape index (κ2) is 6.88. The smallest absolute Gasteiger partial charge is 0.316 e. The van der Waals surface area contributed by atoms with Gasteiger partial charge in [-0.3, -0.25) is 4.98 Å². The number of hydrogen-bond acceptors (Lipinski definition) is 2. The highest BCUT2D eigenvalue weighted by Gasteiger charge is 2.18. The van der Waals surface area contributed by atoms with Gasteiger partial charge in [0, 0.05) is 38.4 Å². The molecule has 1 atom stereocenters. The van der Waals surface area contributed by atoms with Gasteiger partial charge in [0.2, 0.25) is 0 Å². The molecular weight excluding hydrogens is 262 g/mol. The molecule has 0 bridgehead atoms. The van der Waals surface area contributed by atoms with E-state index in [0.29, 0.717) is 6.54 Å². The fourth-order valence-electron chi connectivity index (χ4n) is 2.28. The summed E-state index contributed by atoms with van der Waals surface area (Å²) in [5.74, 6) is 0.0521. The first-order valence-corrected chi connectivity index (χ1v) is 7.01. The van der Waals surface area contributed by atoms with Crippen molar-refractivity contribution in [2.24, 2.45) is 0 Å². The minimum absolute atomic E-state index is 0.0521. The summed E-state index contributed by atoms with van der Waals surface area (Å²) in [5.41, 5.74) is 3.35. The van der Waals surface area contributed by atoms with E-state index in [2.05, 4.69) is 29.4 Å². The summed E-state index contributed by atoms with van der Waals surface area (Å²) >= 11 is 0. The minimum Gasteiger partial charge on any atom is -0.337 e. The van der Waals surface area contributed by atoms with Gasteiger partial charge < -0.3 is 10.2 Å². The number of nitrogens with one attached hydrogen (secondary N) is 1. The number of nitrogens with zero attached hydrogens (tertiary/aromatic N) is 2. The summed E-state index contributed by atoms with van der Waals surface area (Å²) in [7, 11) is 3.47. The van der Waals surface area contributed by atoms with Crippen molar-refractivity contribution in [1.29, 1.82) is 0 Å². The first kappa shape index (κ1) is 15.0. The maximum Gasteiger partial charge on any atom is 0.316 e. The SMILES string of the molecule is Cc1ccccc1C(CNC(=O)N(C)C)c1ccccn1. The van der Waals surface area contributed by atoms with E-state index in [0.717, 1.165) is 5.69 Å². The Morgan fingerprint density at radius 1 is 1.19 bits per heavy atom.